The van der Waals surface area contributed by atoms with E-state index in [0.717, 1.165) is 31.0 Å². The van der Waals surface area contributed by atoms with Gasteiger partial charge in [-0.3, -0.25) is 0 Å². The van der Waals surface area contributed by atoms with Gasteiger partial charge in [-0.25, -0.2) is 4.68 Å². The fourth-order valence-corrected chi connectivity index (χ4v) is 1.90. The van der Waals surface area contributed by atoms with Gasteiger partial charge in [0.25, 0.3) is 0 Å². The van der Waals surface area contributed by atoms with E-state index in [-0.39, 0.29) is 0 Å². The van der Waals surface area contributed by atoms with Gasteiger partial charge in [0.05, 0.1) is 18.0 Å². The maximum Gasteiger partial charge on any atom is 0.0906 e. The molecule has 0 radical (unpaired) electrons. The van der Waals surface area contributed by atoms with Gasteiger partial charge in [-0.15, -0.1) is 0 Å². The van der Waals surface area contributed by atoms with Crippen LogP contribution in [0.3, 0.4) is 0 Å². The van der Waals surface area contributed by atoms with Gasteiger partial charge in [0.15, 0.2) is 0 Å². The smallest absolute Gasteiger partial charge is 0.0906 e. The summed E-state index contributed by atoms with van der Waals surface area (Å²) < 4.78 is 7.51. The molecule has 0 saturated heterocycles. The standard InChI is InChI=1S/C16H23N3O/c1-14(2)17-10-6-12-20-13-15-9-11-19(18-15)16-7-4-3-5-8-16/h3-5,7-9,11,14,17H,6,10,12-13H2,1-2H3. The molecule has 1 aromatic heterocycles. The van der Waals surface area contributed by atoms with E-state index in [9.17, 15) is 0 Å². The number of hydrogen-bond acceptors (Lipinski definition) is 3. The molecular formula is C16H23N3O. The van der Waals surface area contributed by atoms with Crippen molar-refractivity contribution in [2.24, 2.45) is 0 Å². The van der Waals surface area contributed by atoms with Crippen molar-refractivity contribution < 1.29 is 4.74 Å². The number of nitrogens with one attached hydrogen (secondary N) is 1. The number of hydrogen-bond donors (Lipinski definition) is 1. The van der Waals surface area contributed by atoms with Crippen molar-refractivity contribution in [1.82, 2.24) is 15.1 Å². The number of rotatable bonds is 8. The average molecular weight is 273 g/mol. The Balaban J connectivity index is 1.71. The van der Waals surface area contributed by atoms with Crippen LogP contribution in [-0.2, 0) is 11.3 Å². The summed E-state index contributed by atoms with van der Waals surface area (Å²) >= 11 is 0. The second-order valence-corrected chi connectivity index (χ2v) is 5.10. The molecule has 2 rings (SSSR count). The van der Waals surface area contributed by atoms with Crippen LogP contribution in [0.25, 0.3) is 5.69 Å². The van der Waals surface area contributed by atoms with Crippen LogP contribution in [0.15, 0.2) is 42.6 Å². The van der Waals surface area contributed by atoms with E-state index in [2.05, 4.69) is 24.3 Å². The number of nitrogens with zero attached hydrogens (tertiary/aromatic N) is 2. The monoisotopic (exact) mass is 273 g/mol. The SMILES string of the molecule is CC(C)NCCCOCc1ccn(-c2ccccc2)n1. The van der Waals surface area contributed by atoms with Gasteiger partial charge in [0, 0.05) is 18.8 Å². The molecule has 0 atom stereocenters. The van der Waals surface area contributed by atoms with Crippen LogP contribution in [0.4, 0.5) is 0 Å². The van der Waals surface area contributed by atoms with Crippen LogP contribution in [0, 0.1) is 0 Å². The van der Waals surface area contributed by atoms with Crippen molar-refractivity contribution in [2.75, 3.05) is 13.2 Å². The fraction of sp³-hybridized carbons (Fsp3) is 0.438. The Bertz CT molecular complexity index is 493. The van der Waals surface area contributed by atoms with E-state index >= 15 is 0 Å². The van der Waals surface area contributed by atoms with Crippen LogP contribution >= 0.6 is 0 Å². The van der Waals surface area contributed by atoms with E-state index < -0.39 is 0 Å². The number of para-hydroxylation sites is 1. The Kier molecular flexibility index (Phi) is 5.77. The Morgan fingerprint density at radius 2 is 2.00 bits per heavy atom. The predicted octanol–water partition coefficient (Wildman–Crippen LogP) is 2.78. The van der Waals surface area contributed by atoms with Crippen molar-refractivity contribution in [3.63, 3.8) is 0 Å². The molecular weight excluding hydrogens is 250 g/mol. The minimum Gasteiger partial charge on any atom is -0.375 e. The molecule has 0 aliphatic carbocycles. The third-order valence-corrected chi connectivity index (χ3v) is 2.93. The second-order valence-electron chi connectivity index (χ2n) is 5.10. The first-order valence-corrected chi connectivity index (χ1v) is 7.17. The van der Waals surface area contributed by atoms with Crippen LogP contribution < -0.4 is 5.32 Å². The Morgan fingerprint density at radius 1 is 1.20 bits per heavy atom. The van der Waals surface area contributed by atoms with Crippen molar-refractivity contribution in [3.8, 4) is 5.69 Å². The molecule has 1 heterocycles. The van der Waals surface area contributed by atoms with Crippen LogP contribution in [-0.4, -0.2) is 29.0 Å². The van der Waals surface area contributed by atoms with Crippen molar-refractivity contribution in [1.29, 1.82) is 0 Å². The van der Waals surface area contributed by atoms with Gasteiger partial charge in [0.2, 0.25) is 0 Å². The number of benzene rings is 1. The molecule has 108 valence electrons. The largest absolute Gasteiger partial charge is 0.375 e. The lowest BCUT2D eigenvalue weighted by molar-refractivity contribution is 0.115. The Labute approximate surface area is 120 Å². The first-order chi connectivity index (χ1) is 9.75. The molecule has 0 spiro atoms. The molecule has 2 aromatic rings. The molecule has 4 heteroatoms. The molecule has 0 bridgehead atoms. The highest BCUT2D eigenvalue weighted by Crippen LogP contribution is 2.07. The maximum atomic E-state index is 5.63. The maximum absolute atomic E-state index is 5.63. The third-order valence-electron chi connectivity index (χ3n) is 2.93. The quantitative estimate of drug-likeness (QED) is 0.752. The van der Waals surface area contributed by atoms with Crippen molar-refractivity contribution >= 4 is 0 Å². The van der Waals surface area contributed by atoms with Crippen LogP contribution in [0.1, 0.15) is 26.0 Å². The molecule has 0 unspecified atom stereocenters. The molecule has 0 fully saturated rings. The normalized spacial score (nSPS) is 11.2. The lowest BCUT2D eigenvalue weighted by atomic mass is 10.3. The van der Waals surface area contributed by atoms with Gasteiger partial charge in [0.1, 0.15) is 0 Å². The first-order valence-electron chi connectivity index (χ1n) is 7.17. The van der Waals surface area contributed by atoms with E-state index in [0.29, 0.717) is 12.6 Å². The zero-order valence-corrected chi connectivity index (χ0v) is 12.2. The van der Waals surface area contributed by atoms with Gasteiger partial charge in [-0.05, 0) is 31.2 Å². The number of aromatic nitrogens is 2. The molecule has 0 aliphatic rings. The van der Waals surface area contributed by atoms with Crippen molar-refractivity contribution in [2.45, 2.75) is 32.9 Å². The highest BCUT2D eigenvalue weighted by molar-refractivity contribution is 5.30. The molecule has 1 N–H and O–H groups in total. The van der Waals surface area contributed by atoms with Gasteiger partial charge in [-0.1, -0.05) is 32.0 Å². The third kappa shape index (κ3) is 4.79. The summed E-state index contributed by atoms with van der Waals surface area (Å²) in [5.41, 5.74) is 2.03. The van der Waals surface area contributed by atoms with E-state index in [1.54, 1.807) is 0 Å². The summed E-state index contributed by atoms with van der Waals surface area (Å²) in [6.07, 6.45) is 2.99. The second kappa shape index (κ2) is 7.82. The zero-order chi connectivity index (χ0) is 14.2. The molecule has 0 amide bonds. The topological polar surface area (TPSA) is 39.1 Å². The summed E-state index contributed by atoms with van der Waals surface area (Å²) in [5.74, 6) is 0. The number of ether oxygens (including phenoxy) is 1. The van der Waals surface area contributed by atoms with E-state index in [1.807, 2.05) is 47.3 Å². The summed E-state index contributed by atoms with van der Waals surface area (Å²) in [5, 5.41) is 7.87. The predicted molar refractivity (Wildman–Crippen MR) is 81.0 cm³/mol. The van der Waals surface area contributed by atoms with Gasteiger partial charge in [-0.2, -0.15) is 5.10 Å². The Morgan fingerprint density at radius 3 is 2.75 bits per heavy atom. The van der Waals surface area contributed by atoms with E-state index in [1.165, 1.54) is 0 Å². The fourth-order valence-electron chi connectivity index (χ4n) is 1.90. The highest BCUT2D eigenvalue weighted by Gasteiger charge is 2.01. The van der Waals surface area contributed by atoms with Crippen molar-refractivity contribution in [3.05, 3.63) is 48.3 Å². The molecule has 20 heavy (non-hydrogen) atoms. The summed E-state index contributed by atoms with van der Waals surface area (Å²) in [6, 6.07) is 12.6. The van der Waals surface area contributed by atoms with Crippen LogP contribution in [0.5, 0.6) is 0 Å². The summed E-state index contributed by atoms with van der Waals surface area (Å²) in [4.78, 5) is 0. The summed E-state index contributed by atoms with van der Waals surface area (Å²) in [7, 11) is 0. The molecule has 4 nitrogen and oxygen atoms in total. The molecule has 0 saturated carbocycles. The van der Waals surface area contributed by atoms with Gasteiger partial charge < -0.3 is 10.1 Å². The highest BCUT2D eigenvalue weighted by atomic mass is 16.5. The van der Waals surface area contributed by atoms with Crippen LogP contribution in [0.2, 0.25) is 0 Å². The lowest BCUT2D eigenvalue weighted by Gasteiger charge is -2.07. The lowest BCUT2D eigenvalue weighted by Crippen LogP contribution is -2.24. The summed E-state index contributed by atoms with van der Waals surface area (Å²) in [6.45, 7) is 6.63. The molecule has 1 aromatic carbocycles. The van der Waals surface area contributed by atoms with Gasteiger partial charge >= 0.3 is 0 Å². The minimum atomic E-state index is 0.538. The van der Waals surface area contributed by atoms with E-state index in [4.69, 9.17) is 4.74 Å². The zero-order valence-electron chi connectivity index (χ0n) is 12.2. The minimum absolute atomic E-state index is 0.538. The Hall–Kier alpha value is -1.65. The average Bonchev–Trinajstić information content (AvgIpc) is 2.92. The molecule has 0 aliphatic heterocycles. The first kappa shape index (κ1) is 14.8.